The third kappa shape index (κ3) is 3.77. The van der Waals surface area contributed by atoms with Crippen molar-refractivity contribution in [2.24, 2.45) is 0 Å². The SMILES string of the molecule is CC(C)(C)c1ccc(C(=O)Nc2c(N3CCCC3)c3ccccc3oc2=O)cc1. The van der Waals surface area contributed by atoms with Gasteiger partial charge in [-0.05, 0) is 48.1 Å². The normalized spacial score (nSPS) is 14.4. The van der Waals surface area contributed by atoms with Crippen LogP contribution < -0.4 is 15.8 Å². The molecule has 2 heterocycles. The lowest BCUT2D eigenvalue weighted by atomic mass is 9.87. The third-order valence-corrected chi connectivity index (χ3v) is 5.46. The van der Waals surface area contributed by atoms with Gasteiger partial charge in [-0.2, -0.15) is 0 Å². The average Bonchev–Trinajstić information content (AvgIpc) is 3.22. The molecule has 1 aliphatic rings. The van der Waals surface area contributed by atoms with E-state index in [0.717, 1.165) is 42.6 Å². The van der Waals surface area contributed by atoms with Gasteiger partial charge in [0.05, 0.1) is 5.69 Å². The second kappa shape index (κ2) is 7.39. The number of amides is 1. The fourth-order valence-corrected chi connectivity index (χ4v) is 3.82. The molecule has 5 heteroatoms. The number of fused-ring (bicyclic) bond motifs is 1. The van der Waals surface area contributed by atoms with Crippen molar-refractivity contribution < 1.29 is 9.21 Å². The zero-order valence-electron chi connectivity index (χ0n) is 17.1. The number of nitrogens with one attached hydrogen (secondary N) is 1. The van der Waals surface area contributed by atoms with Crippen molar-refractivity contribution in [1.29, 1.82) is 0 Å². The zero-order valence-corrected chi connectivity index (χ0v) is 17.1. The highest BCUT2D eigenvalue weighted by Crippen LogP contribution is 2.34. The molecule has 0 spiro atoms. The molecule has 1 amide bonds. The first-order chi connectivity index (χ1) is 13.8. The van der Waals surface area contributed by atoms with Gasteiger partial charge in [-0.3, -0.25) is 4.79 Å². The van der Waals surface area contributed by atoms with Crippen molar-refractivity contribution in [2.75, 3.05) is 23.3 Å². The molecule has 0 bridgehead atoms. The number of carbonyl (C=O) groups is 1. The Hall–Kier alpha value is -3.08. The summed E-state index contributed by atoms with van der Waals surface area (Å²) in [6.07, 6.45) is 2.13. The molecular formula is C24H26N2O3. The summed E-state index contributed by atoms with van der Waals surface area (Å²) in [7, 11) is 0. The molecule has 1 aliphatic heterocycles. The van der Waals surface area contributed by atoms with Crippen LogP contribution in [0.25, 0.3) is 11.0 Å². The van der Waals surface area contributed by atoms with Crippen molar-refractivity contribution in [3.8, 4) is 0 Å². The van der Waals surface area contributed by atoms with Crippen LogP contribution in [0.3, 0.4) is 0 Å². The minimum absolute atomic E-state index is 0.0113. The minimum Gasteiger partial charge on any atom is -0.421 e. The van der Waals surface area contributed by atoms with Crippen LogP contribution in [0.5, 0.6) is 0 Å². The predicted molar refractivity (Wildman–Crippen MR) is 117 cm³/mol. The Bertz CT molecular complexity index is 1100. The van der Waals surface area contributed by atoms with Crippen LogP contribution in [0.15, 0.2) is 57.7 Å². The Morgan fingerprint density at radius 3 is 2.31 bits per heavy atom. The monoisotopic (exact) mass is 390 g/mol. The topological polar surface area (TPSA) is 62.6 Å². The van der Waals surface area contributed by atoms with Gasteiger partial charge >= 0.3 is 5.63 Å². The van der Waals surface area contributed by atoms with Gasteiger partial charge < -0.3 is 14.6 Å². The van der Waals surface area contributed by atoms with E-state index in [4.69, 9.17) is 4.42 Å². The van der Waals surface area contributed by atoms with Crippen molar-refractivity contribution >= 4 is 28.3 Å². The molecule has 0 radical (unpaired) electrons. The first-order valence-electron chi connectivity index (χ1n) is 10.1. The van der Waals surface area contributed by atoms with Crippen molar-refractivity contribution in [2.45, 2.75) is 39.0 Å². The number of para-hydroxylation sites is 1. The largest absolute Gasteiger partial charge is 0.421 e. The summed E-state index contributed by atoms with van der Waals surface area (Å²) in [5.41, 5.74) is 2.66. The molecule has 1 N–H and O–H groups in total. The smallest absolute Gasteiger partial charge is 0.362 e. The van der Waals surface area contributed by atoms with E-state index < -0.39 is 5.63 Å². The molecule has 4 rings (SSSR count). The number of hydrogen-bond donors (Lipinski definition) is 1. The number of rotatable bonds is 3. The number of anilines is 2. The van der Waals surface area contributed by atoms with Crippen LogP contribution in [0.2, 0.25) is 0 Å². The quantitative estimate of drug-likeness (QED) is 0.643. The van der Waals surface area contributed by atoms with Gasteiger partial charge in [0.25, 0.3) is 5.91 Å². The number of benzene rings is 2. The maximum Gasteiger partial charge on any atom is 0.362 e. The molecule has 150 valence electrons. The summed E-state index contributed by atoms with van der Waals surface area (Å²) in [6.45, 7) is 8.10. The van der Waals surface area contributed by atoms with Gasteiger partial charge in [-0.25, -0.2) is 4.79 Å². The number of hydrogen-bond acceptors (Lipinski definition) is 4. The summed E-state index contributed by atoms with van der Waals surface area (Å²) in [5, 5.41) is 3.68. The Balaban J connectivity index is 1.74. The molecule has 1 saturated heterocycles. The Morgan fingerprint density at radius 2 is 1.66 bits per heavy atom. The second-order valence-corrected chi connectivity index (χ2v) is 8.58. The highest BCUT2D eigenvalue weighted by molar-refractivity contribution is 6.08. The maximum atomic E-state index is 12.9. The molecule has 5 nitrogen and oxygen atoms in total. The number of nitrogens with zero attached hydrogens (tertiary/aromatic N) is 1. The summed E-state index contributed by atoms with van der Waals surface area (Å²) < 4.78 is 5.50. The van der Waals surface area contributed by atoms with Gasteiger partial charge in [0.1, 0.15) is 5.58 Å². The van der Waals surface area contributed by atoms with Gasteiger partial charge in [-0.15, -0.1) is 0 Å². The van der Waals surface area contributed by atoms with E-state index in [0.29, 0.717) is 11.1 Å². The Labute approximate surface area is 170 Å². The molecule has 2 aromatic carbocycles. The van der Waals surface area contributed by atoms with Crippen LogP contribution in [0.1, 0.15) is 49.5 Å². The minimum atomic E-state index is -0.523. The van der Waals surface area contributed by atoms with E-state index in [2.05, 4.69) is 31.0 Å². The summed E-state index contributed by atoms with van der Waals surface area (Å²) in [4.78, 5) is 27.8. The lowest BCUT2D eigenvalue weighted by Crippen LogP contribution is -2.25. The van der Waals surface area contributed by atoms with E-state index in [1.165, 1.54) is 0 Å². The Morgan fingerprint density at radius 1 is 1.00 bits per heavy atom. The van der Waals surface area contributed by atoms with Crippen molar-refractivity contribution in [3.05, 3.63) is 70.1 Å². The highest BCUT2D eigenvalue weighted by atomic mass is 16.4. The van der Waals surface area contributed by atoms with Gasteiger partial charge in [0.15, 0.2) is 5.69 Å². The first-order valence-corrected chi connectivity index (χ1v) is 10.1. The number of carbonyl (C=O) groups excluding carboxylic acids is 1. The first kappa shape index (κ1) is 19.2. The molecule has 3 aromatic rings. The lowest BCUT2D eigenvalue weighted by molar-refractivity contribution is 0.102. The molecule has 0 unspecified atom stereocenters. The van der Waals surface area contributed by atoms with E-state index in [1.807, 2.05) is 30.3 Å². The Kier molecular flexibility index (Phi) is 4.91. The van der Waals surface area contributed by atoms with Crippen LogP contribution in [0.4, 0.5) is 11.4 Å². The molecule has 0 aliphatic carbocycles. The molecule has 0 atom stereocenters. The molecule has 1 fully saturated rings. The van der Waals surface area contributed by atoms with Gasteiger partial charge in [0, 0.05) is 24.0 Å². The van der Waals surface area contributed by atoms with E-state index >= 15 is 0 Å². The maximum absolute atomic E-state index is 12.9. The van der Waals surface area contributed by atoms with Crippen molar-refractivity contribution in [1.82, 2.24) is 0 Å². The fraction of sp³-hybridized carbons (Fsp3) is 0.333. The van der Waals surface area contributed by atoms with E-state index in [9.17, 15) is 9.59 Å². The average molecular weight is 390 g/mol. The molecular weight excluding hydrogens is 364 g/mol. The van der Waals surface area contributed by atoms with Gasteiger partial charge in [0.2, 0.25) is 0 Å². The summed E-state index contributed by atoms with van der Waals surface area (Å²) >= 11 is 0. The van der Waals surface area contributed by atoms with E-state index in [1.54, 1.807) is 18.2 Å². The second-order valence-electron chi connectivity index (χ2n) is 8.58. The summed E-state index contributed by atoms with van der Waals surface area (Å²) in [6, 6.07) is 15.0. The fourth-order valence-electron chi connectivity index (χ4n) is 3.82. The van der Waals surface area contributed by atoms with E-state index in [-0.39, 0.29) is 17.0 Å². The predicted octanol–water partition coefficient (Wildman–Crippen LogP) is 4.94. The molecule has 0 saturated carbocycles. The molecule has 1 aromatic heterocycles. The highest BCUT2D eigenvalue weighted by Gasteiger charge is 2.24. The standard InChI is InChI=1S/C24H26N2O3/c1-24(2,3)17-12-10-16(11-13-17)22(27)25-20-21(26-14-6-7-15-26)18-8-4-5-9-19(18)29-23(20)28/h4-5,8-13H,6-7,14-15H2,1-3H3,(H,25,27). The zero-order chi connectivity index (χ0) is 20.6. The third-order valence-electron chi connectivity index (χ3n) is 5.46. The van der Waals surface area contributed by atoms with Crippen LogP contribution >= 0.6 is 0 Å². The van der Waals surface area contributed by atoms with Crippen LogP contribution in [-0.2, 0) is 5.41 Å². The van der Waals surface area contributed by atoms with Crippen LogP contribution in [-0.4, -0.2) is 19.0 Å². The summed E-state index contributed by atoms with van der Waals surface area (Å²) in [5.74, 6) is -0.312. The van der Waals surface area contributed by atoms with Crippen molar-refractivity contribution in [3.63, 3.8) is 0 Å². The van der Waals surface area contributed by atoms with Gasteiger partial charge in [-0.1, -0.05) is 45.0 Å². The van der Waals surface area contributed by atoms with Crippen LogP contribution in [0, 0.1) is 0 Å². The lowest BCUT2D eigenvalue weighted by Gasteiger charge is -2.22. The molecule has 29 heavy (non-hydrogen) atoms.